The van der Waals surface area contributed by atoms with Crippen LogP contribution in [0.4, 0.5) is 4.39 Å². The van der Waals surface area contributed by atoms with E-state index in [4.69, 9.17) is 4.74 Å². The molecule has 1 atom stereocenters. The molecule has 2 rings (SSSR count). The molecule has 19 heavy (non-hydrogen) atoms. The summed E-state index contributed by atoms with van der Waals surface area (Å²) < 4.78 is 19.4. The van der Waals surface area contributed by atoms with Gasteiger partial charge in [0.05, 0.1) is 6.10 Å². The second-order valence-corrected chi connectivity index (χ2v) is 5.19. The molecule has 0 bridgehead atoms. The van der Waals surface area contributed by atoms with E-state index in [0.29, 0.717) is 12.4 Å². The molecule has 0 fully saturated rings. The molecule has 0 aromatic heterocycles. The number of ether oxygens (including phenoxy) is 1. The maximum atomic E-state index is 12.8. The first-order valence-corrected chi connectivity index (χ1v) is 6.70. The van der Waals surface area contributed by atoms with Crippen LogP contribution >= 0.6 is 15.9 Å². The van der Waals surface area contributed by atoms with Crippen molar-refractivity contribution in [1.29, 1.82) is 0 Å². The molecule has 0 aliphatic rings. The van der Waals surface area contributed by atoms with Crippen LogP contribution in [-0.2, 0) is 6.61 Å². The SMILES string of the molecule is C[C@H](O)c1ccc(Br)cc1OCc1ccc(F)cc1. The lowest BCUT2D eigenvalue weighted by Gasteiger charge is -2.14. The number of aliphatic hydroxyl groups is 1. The molecule has 2 nitrogen and oxygen atoms in total. The lowest BCUT2D eigenvalue weighted by atomic mass is 10.1. The predicted molar refractivity (Wildman–Crippen MR) is 75.5 cm³/mol. The van der Waals surface area contributed by atoms with Crippen molar-refractivity contribution in [2.75, 3.05) is 0 Å². The van der Waals surface area contributed by atoms with E-state index in [1.165, 1.54) is 12.1 Å². The zero-order valence-electron chi connectivity index (χ0n) is 10.4. The predicted octanol–water partition coefficient (Wildman–Crippen LogP) is 4.22. The lowest BCUT2D eigenvalue weighted by molar-refractivity contribution is 0.190. The summed E-state index contributed by atoms with van der Waals surface area (Å²) in [6, 6.07) is 11.6. The van der Waals surface area contributed by atoms with Crippen LogP contribution in [0.15, 0.2) is 46.9 Å². The normalized spacial score (nSPS) is 12.2. The summed E-state index contributed by atoms with van der Waals surface area (Å²) in [4.78, 5) is 0. The van der Waals surface area contributed by atoms with Gasteiger partial charge in [0.25, 0.3) is 0 Å². The molecule has 0 spiro atoms. The van der Waals surface area contributed by atoms with Crippen LogP contribution in [-0.4, -0.2) is 5.11 Å². The minimum atomic E-state index is -0.601. The third-order valence-corrected chi connectivity index (χ3v) is 3.23. The van der Waals surface area contributed by atoms with Gasteiger partial charge in [-0.2, -0.15) is 0 Å². The molecule has 0 saturated carbocycles. The van der Waals surface area contributed by atoms with Crippen molar-refractivity contribution in [3.8, 4) is 5.75 Å². The summed E-state index contributed by atoms with van der Waals surface area (Å²) in [6.07, 6.45) is -0.601. The highest BCUT2D eigenvalue weighted by Gasteiger charge is 2.10. The Kier molecular flexibility index (Phi) is 4.56. The molecule has 1 N–H and O–H groups in total. The van der Waals surface area contributed by atoms with E-state index in [1.54, 1.807) is 19.1 Å². The van der Waals surface area contributed by atoms with Crippen molar-refractivity contribution in [1.82, 2.24) is 0 Å². The first-order chi connectivity index (χ1) is 9.06. The van der Waals surface area contributed by atoms with Crippen LogP contribution in [0, 0.1) is 5.82 Å². The highest BCUT2D eigenvalue weighted by Crippen LogP contribution is 2.29. The molecule has 0 aliphatic carbocycles. The summed E-state index contributed by atoms with van der Waals surface area (Å²) in [5.74, 6) is 0.351. The van der Waals surface area contributed by atoms with Gasteiger partial charge in [0.1, 0.15) is 18.2 Å². The van der Waals surface area contributed by atoms with E-state index in [9.17, 15) is 9.50 Å². The fraction of sp³-hybridized carbons (Fsp3) is 0.200. The highest BCUT2D eigenvalue weighted by atomic mass is 79.9. The van der Waals surface area contributed by atoms with E-state index >= 15 is 0 Å². The quantitative estimate of drug-likeness (QED) is 0.912. The molecule has 100 valence electrons. The van der Waals surface area contributed by atoms with Crippen molar-refractivity contribution < 1.29 is 14.2 Å². The minimum Gasteiger partial charge on any atom is -0.488 e. The fourth-order valence-corrected chi connectivity index (χ4v) is 2.06. The van der Waals surface area contributed by atoms with E-state index in [2.05, 4.69) is 15.9 Å². The first kappa shape index (κ1) is 14.0. The average molecular weight is 325 g/mol. The van der Waals surface area contributed by atoms with Crippen molar-refractivity contribution in [2.24, 2.45) is 0 Å². The van der Waals surface area contributed by atoms with Gasteiger partial charge in [0.15, 0.2) is 0 Å². The summed E-state index contributed by atoms with van der Waals surface area (Å²) >= 11 is 3.37. The molecule has 2 aromatic rings. The lowest BCUT2D eigenvalue weighted by Crippen LogP contribution is -2.01. The van der Waals surface area contributed by atoms with Gasteiger partial charge in [-0.15, -0.1) is 0 Å². The van der Waals surface area contributed by atoms with Gasteiger partial charge in [-0.1, -0.05) is 34.1 Å². The fourth-order valence-electron chi connectivity index (χ4n) is 1.72. The average Bonchev–Trinajstić information content (AvgIpc) is 2.38. The highest BCUT2D eigenvalue weighted by molar-refractivity contribution is 9.10. The topological polar surface area (TPSA) is 29.5 Å². The zero-order chi connectivity index (χ0) is 13.8. The summed E-state index contributed by atoms with van der Waals surface area (Å²) in [7, 11) is 0. The van der Waals surface area contributed by atoms with Crippen LogP contribution in [0.2, 0.25) is 0 Å². The van der Waals surface area contributed by atoms with E-state index in [-0.39, 0.29) is 5.82 Å². The zero-order valence-corrected chi connectivity index (χ0v) is 12.0. The van der Waals surface area contributed by atoms with Crippen LogP contribution < -0.4 is 4.74 Å². The Labute approximate surface area is 120 Å². The first-order valence-electron chi connectivity index (χ1n) is 5.91. The Morgan fingerprint density at radius 1 is 1.21 bits per heavy atom. The van der Waals surface area contributed by atoms with E-state index in [1.807, 2.05) is 18.2 Å². The standard InChI is InChI=1S/C15H14BrFO2/c1-10(18)14-7-4-12(16)8-15(14)19-9-11-2-5-13(17)6-3-11/h2-8,10,18H,9H2,1H3/t10-/m0/s1. The second-order valence-electron chi connectivity index (χ2n) is 4.27. The van der Waals surface area contributed by atoms with Gasteiger partial charge >= 0.3 is 0 Å². The van der Waals surface area contributed by atoms with Gasteiger partial charge in [0.2, 0.25) is 0 Å². The monoisotopic (exact) mass is 324 g/mol. The van der Waals surface area contributed by atoms with Crippen LogP contribution in [0.1, 0.15) is 24.2 Å². The molecule has 0 aliphatic heterocycles. The van der Waals surface area contributed by atoms with Gasteiger partial charge in [-0.05, 0) is 36.8 Å². The van der Waals surface area contributed by atoms with Gasteiger partial charge in [0, 0.05) is 10.0 Å². The Morgan fingerprint density at radius 3 is 2.53 bits per heavy atom. The number of rotatable bonds is 4. The number of hydrogen-bond donors (Lipinski definition) is 1. The van der Waals surface area contributed by atoms with Crippen LogP contribution in [0.5, 0.6) is 5.75 Å². The van der Waals surface area contributed by atoms with Crippen molar-refractivity contribution in [3.63, 3.8) is 0 Å². The number of halogens is 2. The number of aliphatic hydroxyl groups excluding tert-OH is 1. The Morgan fingerprint density at radius 2 is 1.89 bits per heavy atom. The van der Waals surface area contributed by atoms with Gasteiger partial charge < -0.3 is 9.84 Å². The summed E-state index contributed by atoms with van der Waals surface area (Å²) in [5.41, 5.74) is 1.60. The second kappa shape index (κ2) is 6.17. The molecule has 2 aromatic carbocycles. The van der Waals surface area contributed by atoms with Gasteiger partial charge in [-0.3, -0.25) is 0 Å². The third-order valence-electron chi connectivity index (χ3n) is 2.73. The van der Waals surface area contributed by atoms with Crippen molar-refractivity contribution in [3.05, 3.63) is 63.9 Å². The molecule has 0 saturated heterocycles. The van der Waals surface area contributed by atoms with Crippen molar-refractivity contribution in [2.45, 2.75) is 19.6 Å². The third kappa shape index (κ3) is 3.78. The molecule has 0 heterocycles. The molecular weight excluding hydrogens is 311 g/mol. The smallest absolute Gasteiger partial charge is 0.126 e. The molecule has 4 heteroatoms. The maximum Gasteiger partial charge on any atom is 0.126 e. The van der Waals surface area contributed by atoms with Crippen molar-refractivity contribution >= 4 is 15.9 Å². The van der Waals surface area contributed by atoms with Crippen LogP contribution in [0.25, 0.3) is 0 Å². The van der Waals surface area contributed by atoms with E-state index < -0.39 is 6.10 Å². The van der Waals surface area contributed by atoms with Crippen LogP contribution in [0.3, 0.4) is 0 Å². The number of hydrogen-bond acceptors (Lipinski definition) is 2. The molecule has 0 unspecified atom stereocenters. The molecule has 0 radical (unpaired) electrons. The van der Waals surface area contributed by atoms with E-state index in [0.717, 1.165) is 15.6 Å². The van der Waals surface area contributed by atoms with Gasteiger partial charge in [-0.25, -0.2) is 4.39 Å². The Bertz CT molecular complexity index is 553. The largest absolute Gasteiger partial charge is 0.488 e. The maximum absolute atomic E-state index is 12.8. The minimum absolute atomic E-state index is 0.268. The molecule has 0 amide bonds. The number of benzene rings is 2. The Balaban J connectivity index is 2.14. The summed E-state index contributed by atoms with van der Waals surface area (Å²) in [5, 5.41) is 9.68. The Hall–Kier alpha value is -1.39. The molecular formula is C15H14BrFO2. The summed E-state index contributed by atoms with van der Waals surface area (Å²) in [6.45, 7) is 2.02.